The molecule has 2 aromatic heterocycles. The number of rotatable bonds is 7. The zero-order valence-electron chi connectivity index (χ0n) is 13.6. The van der Waals surface area contributed by atoms with Gasteiger partial charge in [0.25, 0.3) is 0 Å². The maximum absolute atomic E-state index is 11.8. The van der Waals surface area contributed by atoms with Gasteiger partial charge in [0.2, 0.25) is 5.91 Å². The average Bonchev–Trinajstić information content (AvgIpc) is 3.18. The minimum Gasteiger partial charge on any atom is -0.489 e. The van der Waals surface area contributed by atoms with Crippen molar-refractivity contribution in [1.82, 2.24) is 10.3 Å². The highest BCUT2D eigenvalue weighted by atomic mass is 16.5. The topological polar surface area (TPSA) is 64.4 Å². The van der Waals surface area contributed by atoms with Crippen molar-refractivity contribution in [3.63, 3.8) is 0 Å². The van der Waals surface area contributed by atoms with Crippen molar-refractivity contribution in [1.29, 1.82) is 0 Å². The van der Waals surface area contributed by atoms with E-state index >= 15 is 0 Å². The summed E-state index contributed by atoms with van der Waals surface area (Å²) in [6.07, 6.45) is 8.33. The largest absolute Gasteiger partial charge is 0.489 e. The summed E-state index contributed by atoms with van der Waals surface area (Å²) in [5.74, 6) is 1.31. The summed E-state index contributed by atoms with van der Waals surface area (Å²) >= 11 is 0. The molecule has 1 aromatic carbocycles. The quantitative estimate of drug-likeness (QED) is 0.671. The molecule has 0 unspecified atom stereocenters. The van der Waals surface area contributed by atoms with Crippen LogP contribution in [0.5, 0.6) is 5.75 Å². The highest BCUT2D eigenvalue weighted by Crippen LogP contribution is 2.14. The molecule has 2 heterocycles. The lowest BCUT2D eigenvalue weighted by Gasteiger charge is -2.06. The summed E-state index contributed by atoms with van der Waals surface area (Å²) in [4.78, 5) is 15.8. The standard InChI is InChI=1S/C20H18N2O3/c23-20(22-14-19-4-2-12-24-19)10-7-16-5-8-18(9-6-16)25-15-17-3-1-11-21-13-17/h1-13H,14-15H2,(H,22,23)/b10-7+. The first-order valence-corrected chi connectivity index (χ1v) is 7.90. The van der Waals surface area contributed by atoms with Gasteiger partial charge in [0.05, 0.1) is 12.8 Å². The SMILES string of the molecule is O=C(/C=C/c1ccc(OCc2cccnc2)cc1)NCc1ccco1. The molecule has 1 amide bonds. The lowest BCUT2D eigenvalue weighted by atomic mass is 10.2. The number of aromatic nitrogens is 1. The molecule has 25 heavy (non-hydrogen) atoms. The van der Waals surface area contributed by atoms with E-state index in [9.17, 15) is 4.79 Å². The minimum atomic E-state index is -0.173. The number of nitrogens with zero attached hydrogens (tertiary/aromatic N) is 1. The van der Waals surface area contributed by atoms with Crippen LogP contribution in [0.4, 0.5) is 0 Å². The van der Waals surface area contributed by atoms with Crippen molar-refractivity contribution in [2.24, 2.45) is 0 Å². The summed E-state index contributed by atoms with van der Waals surface area (Å²) < 4.78 is 10.9. The van der Waals surface area contributed by atoms with Crippen molar-refractivity contribution in [2.75, 3.05) is 0 Å². The summed E-state index contributed by atoms with van der Waals surface area (Å²) in [6, 6.07) is 15.0. The van der Waals surface area contributed by atoms with Gasteiger partial charge >= 0.3 is 0 Å². The lowest BCUT2D eigenvalue weighted by molar-refractivity contribution is -0.116. The molecular formula is C20H18N2O3. The van der Waals surface area contributed by atoms with Crippen molar-refractivity contribution in [3.8, 4) is 5.75 Å². The first-order valence-electron chi connectivity index (χ1n) is 7.90. The number of hydrogen-bond donors (Lipinski definition) is 1. The Hall–Kier alpha value is -3.34. The first-order chi connectivity index (χ1) is 12.3. The van der Waals surface area contributed by atoms with Gasteiger partial charge in [-0.15, -0.1) is 0 Å². The van der Waals surface area contributed by atoms with Crippen molar-refractivity contribution in [3.05, 3.63) is 90.2 Å². The highest BCUT2D eigenvalue weighted by Gasteiger charge is 1.99. The maximum atomic E-state index is 11.8. The summed E-state index contributed by atoms with van der Waals surface area (Å²) in [7, 11) is 0. The first kappa shape index (κ1) is 16.5. The van der Waals surface area contributed by atoms with Crippen LogP contribution in [0.2, 0.25) is 0 Å². The van der Waals surface area contributed by atoms with Gasteiger partial charge in [0, 0.05) is 24.0 Å². The zero-order valence-corrected chi connectivity index (χ0v) is 13.6. The second kappa shape index (κ2) is 8.49. The van der Waals surface area contributed by atoms with E-state index in [1.54, 1.807) is 30.8 Å². The number of ether oxygens (including phenoxy) is 1. The Morgan fingerprint density at radius 2 is 2.04 bits per heavy atom. The lowest BCUT2D eigenvalue weighted by Crippen LogP contribution is -2.19. The van der Waals surface area contributed by atoms with Crippen molar-refractivity contribution >= 4 is 12.0 Å². The molecule has 0 atom stereocenters. The number of pyridine rings is 1. The Labute approximate surface area is 146 Å². The number of furan rings is 1. The normalized spacial score (nSPS) is 10.7. The fourth-order valence-electron chi connectivity index (χ4n) is 2.14. The third kappa shape index (κ3) is 5.35. The van der Waals surface area contributed by atoms with Crippen LogP contribution in [-0.2, 0) is 17.9 Å². The molecular weight excluding hydrogens is 316 g/mol. The summed E-state index contributed by atoms with van der Waals surface area (Å²) in [6.45, 7) is 0.843. The molecule has 0 aliphatic heterocycles. The molecule has 0 aliphatic rings. The Morgan fingerprint density at radius 1 is 1.16 bits per heavy atom. The van der Waals surface area contributed by atoms with E-state index in [0.717, 1.165) is 22.6 Å². The van der Waals surface area contributed by atoms with Crippen molar-refractivity contribution < 1.29 is 13.9 Å². The fourth-order valence-corrected chi connectivity index (χ4v) is 2.14. The fraction of sp³-hybridized carbons (Fsp3) is 0.100. The van der Waals surface area contributed by atoms with Gasteiger partial charge in [0.1, 0.15) is 18.1 Å². The van der Waals surface area contributed by atoms with Crippen LogP contribution in [0.3, 0.4) is 0 Å². The van der Waals surface area contributed by atoms with E-state index in [1.165, 1.54) is 6.08 Å². The molecule has 3 aromatic rings. The Balaban J connectivity index is 1.47. The van der Waals surface area contributed by atoms with Crippen LogP contribution in [0.15, 0.2) is 77.7 Å². The van der Waals surface area contributed by atoms with Crippen LogP contribution in [0.25, 0.3) is 6.08 Å². The van der Waals surface area contributed by atoms with Crippen molar-refractivity contribution in [2.45, 2.75) is 13.2 Å². The van der Waals surface area contributed by atoms with E-state index in [2.05, 4.69) is 10.3 Å². The number of benzene rings is 1. The smallest absolute Gasteiger partial charge is 0.244 e. The van der Waals surface area contributed by atoms with Crippen LogP contribution in [0.1, 0.15) is 16.9 Å². The molecule has 3 rings (SSSR count). The van der Waals surface area contributed by atoms with Crippen LogP contribution in [0, 0.1) is 0 Å². The minimum absolute atomic E-state index is 0.173. The van der Waals surface area contributed by atoms with Crippen LogP contribution < -0.4 is 10.1 Å². The van der Waals surface area contributed by atoms with Gasteiger partial charge in [-0.2, -0.15) is 0 Å². The average molecular weight is 334 g/mol. The Kier molecular flexibility index (Phi) is 5.61. The predicted octanol–water partition coefficient (Wildman–Crippen LogP) is 3.58. The van der Waals surface area contributed by atoms with E-state index in [1.807, 2.05) is 42.5 Å². The predicted molar refractivity (Wildman–Crippen MR) is 94.6 cm³/mol. The van der Waals surface area contributed by atoms with Gasteiger partial charge in [-0.25, -0.2) is 0 Å². The Bertz CT molecular complexity index is 810. The molecule has 126 valence electrons. The molecule has 5 nitrogen and oxygen atoms in total. The molecule has 0 spiro atoms. The molecule has 0 saturated heterocycles. The number of nitrogens with one attached hydrogen (secondary N) is 1. The van der Waals surface area contributed by atoms with E-state index in [0.29, 0.717) is 13.2 Å². The van der Waals surface area contributed by atoms with Gasteiger partial charge in [0.15, 0.2) is 0 Å². The van der Waals surface area contributed by atoms with Crippen LogP contribution in [-0.4, -0.2) is 10.9 Å². The second-order valence-corrected chi connectivity index (χ2v) is 5.35. The molecule has 5 heteroatoms. The van der Waals surface area contributed by atoms with E-state index in [-0.39, 0.29) is 5.91 Å². The molecule has 0 aliphatic carbocycles. The monoisotopic (exact) mass is 334 g/mol. The molecule has 0 radical (unpaired) electrons. The zero-order chi connectivity index (χ0) is 17.3. The summed E-state index contributed by atoms with van der Waals surface area (Å²) in [5, 5.41) is 2.76. The van der Waals surface area contributed by atoms with Gasteiger partial charge in [-0.3, -0.25) is 9.78 Å². The van der Waals surface area contributed by atoms with E-state index < -0.39 is 0 Å². The number of hydrogen-bond acceptors (Lipinski definition) is 4. The number of carbonyl (C=O) groups excluding carboxylic acids is 1. The van der Waals surface area contributed by atoms with Gasteiger partial charge in [-0.05, 0) is 42.0 Å². The molecule has 0 saturated carbocycles. The highest BCUT2D eigenvalue weighted by molar-refractivity contribution is 5.91. The van der Waals surface area contributed by atoms with Crippen LogP contribution >= 0.6 is 0 Å². The third-order valence-corrected chi connectivity index (χ3v) is 3.45. The molecule has 0 bridgehead atoms. The maximum Gasteiger partial charge on any atom is 0.244 e. The summed E-state index contributed by atoms with van der Waals surface area (Å²) in [5.41, 5.74) is 1.93. The van der Waals surface area contributed by atoms with Gasteiger partial charge < -0.3 is 14.5 Å². The number of carbonyl (C=O) groups is 1. The third-order valence-electron chi connectivity index (χ3n) is 3.45. The Morgan fingerprint density at radius 3 is 2.76 bits per heavy atom. The number of amides is 1. The molecule has 1 N–H and O–H groups in total. The van der Waals surface area contributed by atoms with Gasteiger partial charge in [-0.1, -0.05) is 18.2 Å². The molecule has 0 fully saturated rings. The second-order valence-electron chi connectivity index (χ2n) is 5.35. The van der Waals surface area contributed by atoms with E-state index in [4.69, 9.17) is 9.15 Å².